The lowest BCUT2D eigenvalue weighted by Gasteiger charge is -2.28. The maximum Gasteiger partial charge on any atom is 0.295 e. The van der Waals surface area contributed by atoms with E-state index in [1.807, 2.05) is 76.2 Å². The SMILES string of the molecule is COc1c(Cl)cc(/C(O)=C2\C(=O)C(=O)N(Cc3ccccc3OC(C)(C)C)C2c2cccc(C)c2)cc1Cl. The second-order valence-electron chi connectivity index (χ2n) is 10.1. The van der Waals surface area contributed by atoms with Crippen LogP contribution >= 0.6 is 23.2 Å². The summed E-state index contributed by atoms with van der Waals surface area (Å²) < 4.78 is 11.3. The molecule has 0 aromatic heterocycles. The number of Topliss-reactive ketones (excluding diaryl/α,β-unsaturated/α-hetero) is 1. The van der Waals surface area contributed by atoms with E-state index in [1.165, 1.54) is 24.1 Å². The van der Waals surface area contributed by atoms with Gasteiger partial charge in [0.1, 0.15) is 17.1 Å². The highest BCUT2D eigenvalue weighted by Gasteiger charge is 2.46. The van der Waals surface area contributed by atoms with Crippen LogP contribution in [0.25, 0.3) is 5.76 Å². The minimum absolute atomic E-state index is 0.0490. The molecule has 198 valence electrons. The van der Waals surface area contributed by atoms with Gasteiger partial charge in [-0.05, 0) is 51.5 Å². The van der Waals surface area contributed by atoms with E-state index in [9.17, 15) is 14.7 Å². The molecule has 0 saturated carbocycles. The van der Waals surface area contributed by atoms with Crippen molar-refractivity contribution in [2.45, 2.75) is 45.9 Å². The van der Waals surface area contributed by atoms with Crippen molar-refractivity contribution in [1.29, 1.82) is 0 Å². The first-order valence-electron chi connectivity index (χ1n) is 12.1. The molecule has 1 unspecified atom stereocenters. The van der Waals surface area contributed by atoms with Gasteiger partial charge in [-0.1, -0.05) is 71.2 Å². The molecule has 1 amide bonds. The Morgan fingerprint density at radius 2 is 1.66 bits per heavy atom. The standard InChI is InChI=1S/C30H29Cl2NO5/c1-17-9-8-11-18(13-17)25-24(26(34)20-14-21(31)28(37-5)22(32)15-20)27(35)29(36)33(25)16-19-10-6-7-12-23(19)38-30(2,3)4/h6-15,25,34H,16H2,1-5H3/b26-24+. The Balaban J connectivity index is 1.88. The quantitative estimate of drug-likeness (QED) is 0.200. The Kier molecular flexibility index (Phi) is 7.77. The van der Waals surface area contributed by atoms with Crippen molar-refractivity contribution in [3.05, 3.63) is 98.5 Å². The molecule has 0 spiro atoms. The van der Waals surface area contributed by atoms with E-state index in [-0.39, 0.29) is 39.2 Å². The van der Waals surface area contributed by atoms with E-state index >= 15 is 0 Å². The van der Waals surface area contributed by atoms with Crippen molar-refractivity contribution in [2.24, 2.45) is 0 Å². The van der Waals surface area contributed by atoms with Gasteiger partial charge in [0, 0.05) is 11.1 Å². The minimum atomic E-state index is -0.850. The van der Waals surface area contributed by atoms with Gasteiger partial charge in [0.2, 0.25) is 0 Å². The molecule has 0 bridgehead atoms. The van der Waals surface area contributed by atoms with Crippen molar-refractivity contribution in [3.8, 4) is 11.5 Å². The number of hydrogen-bond donors (Lipinski definition) is 1. The van der Waals surface area contributed by atoms with Crippen LogP contribution < -0.4 is 9.47 Å². The molecular weight excluding hydrogens is 525 g/mol. The fraction of sp³-hybridized carbons (Fsp3) is 0.267. The monoisotopic (exact) mass is 553 g/mol. The number of aliphatic hydroxyl groups excluding tert-OH is 1. The predicted molar refractivity (Wildman–Crippen MR) is 149 cm³/mol. The summed E-state index contributed by atoms with van der Waals surface area (Å²) in [7, 11) is 1.43. The smallest absolute Gasteiger partial charge is 0.295 e. The number of methoxy groups -OCH3 is 1. The van der Waals surface area contributed by atoms with Crippen LogP contribution in [-0.4, -0.2) is 34.4 Å². The number of aryl methyl sites for hydroxylation is 1. The number of halogens is 2. The van der Waals surface area contributed by atoms with Crippen LogP contribution in [0.2, 0.25) is 10.0 Å². The van der Waals surface area contributed by atoms with E-state index in [4.69, 9.17) is 32.7 Å². The van der Waals surface area contributed by atoms with Crippen molar-refractivity contribution in [2.75, 3.05) is 7.11 Å². The minimum Gasteiger partial charge on any atom is -0.507 e. The zero-order valence-electron chi connectivity index (χ0n) is 21.8. The molecule has 1 fully saturated rings. The summed E-state index contributed by atoms with van der Waals surface area (Å²) in [5.41, 5.74) is 2.05. The molecule has 4 rings (SSSR count). The van der Waals surface area contributed by atoms with Crippen molar-refractivity contribution in [1.82, 2.24) is 4.90 Å². The Morgan fingerprint density at radius 3 is 2.26 bits per heavy atom. The fourth-order valence-electron chi connectivity index (χ4n) is 4.52. The molecule has 1 saturated heterocycles. The number of hydrogen-bond acceptors (Lipinski definition) is 5. The first-order chi connectivity index (χ1) is 17.9. The third-order valence-electron chi connectivity index (χ3n) is 6.10. The summed E-state index contributed by atoms with van der Waals surface area (Å²) in [5.74, 6) is -1.04. The van der Waals surface area contributed by atoms with Gasteiger partial charge < -0.3 is 19.5 Å². The second kappa shape index (κ2) is 10.7. The largest absolute Gasteiger partial charge is 0.507 e. The van der Waals surface area contributed by atoms with E-state index in [0.29, 0.717) is 11.3 Å². The molecule has 8 heteroatoms. The number of nitrogens with zero attached hydrogens (tertiary/aromatic N) is 1. The lowest BCUT2D eigenvalue weighted by Crippen LogP contribution is -2.30. The second-order valence-corrected chi connectivity index (χ2v) is 11.0. The van der Waals surface area contributed by atoms with Crippen molar-refractivity contribution in [3.63, 3.8) is 0 Å². The zero-order valence-corrected chi connectivity index (χ0v) is 23.4. The summed E-state index contributed by atoms with van der Waals surface area (Å²) in [6.45, 7) is 7.83. The molecular formula is C30H29Cl2NO5. The van der Waals surface area contributed by atoms with Gasteiger partial charge >= 0.3 is 0 Å². The zero-order chi connectivity index (χ0) is 27.8. The number of para-hydroxylation sites is 1. The number of rotatable bonds is 6. The van der Waals surface area contributed by atoms with Gasteiger partial charge in [0.15, 0.2) is 5.75 Å². The summed E-state index contributed by atoms with van der Waals surface area (Å²) in [4.78, 5) is 28.4. The molecule has 1 atom stereocenters. The topological polar surface area (TPSA) is 76.1 Å². The Morgan fingerprint density at radius 1 is 1.00 bits per heavy atom. The number of ketones is 1. The number of likely N-dealkylation sites (tertiary alicyclic amines) is 1. The first kappa shape index (κ1) is 27.6. The average molecular weight is 554 g/mol. The number of aliphatic hydroxyl groups is 1. The maximum atomic E-state index is 13.5. The van der Waals surface area contributed by atoms with Crippen LogP contribution in [0.5, 0.6) is 11.5 Å². The molecule has 1 aliphatic rings. The van der Waals surface area contributed by atoms with Gasteiger partial charge in [-0.15, -0.1) is 0 Å². The molecule has 3 aromatic carbocycles. The fourth-order valence-corrected chi connectivity index (χ4v) is 5.17. The van der Waals surface area contributed by atoms with E-state index in [2.05, 4.69) is 0 Å². The highest BCUT2D eigenvalue weighted by molar-refractivity contribution is 6.46. The number of ether oxygens (including phenoxy) is 2. The first-order valence-corrected chi connectivity index (χ1v) is 12.8. The molecule has 38 heavy (non-hydrogen) atoms. The number of amides is 1. The molecule has 1 N–H and O–H groups in total. The van der Waals surface area contributed by atoms with Gasteiger partial charge in [-0.3, -0.25) is 9.59 Å². The predicted octanol–water partition coefficient (Wildman–Crippen LogP) is 7.11. The van der Waals surface area contributed by atoms with Crippen LogP contribution in [0.15, 0.2) is 66.2 Å². The Bertz CT molecular complexity index is 1420. The molecule has 1 heterocycles. The van der Waals surface area contributed by atoms with Gasteiger partial charge in [-0.25, -0.2) is 0 Å². The summed E-state index contributed by atoms with van der Waals surface area (Å²) >= 11 is 12.6. The Labute approximate surface area is 232 Å². The van der Waals surface area contributed by atoms with Crippen molar-refractivity contribution >= 4 is 40.7 Å². The molecule has 1 aliphatic heterocycles. The summed E-state index contributed by atoms with van der Waals surface area (Å²) in [6, 6.07) is 16.9. The number of carbonyl (C=O) groups excluding carboxylic acids is 2. The molecule has 0 aliphatic carbocycles. The average Bonchev–Trinajstić information content (AvgIpc) is 3.08. The lowest BCUT2D eigenvalue weighted by molar-refractivity contribution is -0.140. The highest BCUT2D eigenvalue weighted by Crippen LogP contribution is 2.43. The third-order valence-corrected chi connectivity index (χ3v) is 6.66. The van der Waals surface area contributed by atoms with Crippen LogP contribution in [0, 0.1) is 6.92 Å². The van der Waals surface area contributed by atoms with Crippen molar-refractivity contribution < 1.29 is 24.2 Å². The molecule has 6 nitrogen and oxygen atoms in total. The molecule has 0 radical (unpaired) electrons. The lowest BCUT2D eigenvalue weighted by atomic mass is 9.94. The van der Waals surface area contributed by atoms with E-state index < -0.39 is 23.3 Å². The normalized spacial score (nSPS) is 17.1. The van der Waals surface area contributed by atoms with Gasteiger partial charge in [0.05, 0.1) is 35.3 Å². The third kappa shape index (κ3) is 5.52. The molecule has 3 aromatic rings. The summed E-state index contributed by atoms with van der Waals surface area (Å²) in [5, 5.41) is 11.7. The highest BCUT2D eigenvalue weighted by atomic mass is 35.5. The maximum absolute atomic E-state index is 13.5. The van der Waals surface area contributed by atoms with Gasteiger partial charge in [0.25, 0.3) is 11.7 Å². The summed E-state index contributed by atoms with van der Waals surface area (Å²) in [6.07, 6.45) is 0. The van der Waals surface area contributed by atoms with Crippen LogP contribution in [0.3, 0.4) is 0 Å². The number of carbonyl (C=O) groups is 2. The van der Waals surface area contributed by atoms with E-state index in [0.717, 1.165) is 11.1 Å². The van der Waals surface area contributed by atoms with Gasteiger partial charge in [-0.2, -0.15) is 0 Å². The van der Waals surface area contributed by atoms with Crippen LogP contribution in [-0.2, 0) is 16.1 Å². The van der Waals surface area contributed by atoms with Crippen LogP contribution in [0.1, 0.15) is 49.1 Å². The number of benzene rings is 3. The van der Waals surface area contributed by atoms with Crippen LogP contribution in [0.4, 0.5) is 0 Å². The Hall–Kier alpha value is -3.48. The van der Waals surface area contributed by atoms with E-state index in [1.54, 1.807) is 0 Å².